The van der Waals surface area contributed by atoms with Crippen molar-refractivity contribution in [3.63, 3.8) is 0 Å². The van der Waals surface area contributed by atoms with E-state index in [1.807, 2.05) is 6.07 Å². The van der Waals surface area contributed by atoms with Gasteiger partial charge in [0.25, 0.3) is 5.91 Å². The molecule has 0 atom stereocenters. The summed E-state index contributed by atoms with van der Waals surface area (Å²) in [5, 5.41) is 5.17. The minimum absolute atomic E-state index is 0.0191. The zero-order valence-corrected chi connectivity index (χ0v) is 15.7. The maximum atomic E-state index is 12.2. The Bertz CT molecular complexity index is 1200. The molecule has 0 bridgehead atoms. The maximum Gasteiger partial charge on any atom is 0.286 e. The Balaban J connectivity index is 1.96. The number of fused-ring (bicyclic) bond motifs is 1. The number of primary sulfonamides is 1. The van der Waals surface area contributed by atoms with E-state index in [-0.39, 0.29) is 18.0 Å². The Hall–Kier alpha value is -2.93. The number of carbonyl (C=O) groups excluding carboxylic acids is 1. The number of hydrogen-bond acceptors (Lipinski definition) is 5. The smallest absolute Gasteiger partial charge is 0.286 e. The van der Waals surface area contributed by atoms with Gasteiger partial charge in [0.2, 0.25) is 10.0 Å². The van der Waals surface area contributed by atoms with Crippen LogP contribution in [-0.4, -0.2) is 25.5 Å². The molecular formula is C18H15N3O4S2. The zero-order valence-electron chi connectivity index (χ0n) is 14.0. The number of nitrogens with zero attached hydrogens (tertiary/aromatic N) is 2. The van der Waals surface area contributed by atoms with E-state index in [1.165, 1.54) is 12.1 Å². The van der Waals surface area contributed by atoms with Gasteiger partial charge >= 0.3 is 0 Å². The highest BCUT2D eigenvalue weighted by Gasteiger charge is 2.13. The molecule has 27 heavy (non-hydrogen) atoms. The Morgan fingerprint density at radius 2 is 2.00 bits per heavy atom. The highest BCUT2D eigenvalue weighted by Crippen LogP contribution is 2.21. The molecule has 0 aliphatic rings. The highest BCUT2D eigenvalue weighted by atomic mass is 32.2. The first-order chi connectivity index (χ1) is 12.9. The first-order valence-electron chi connectivity index (χ1n) is 7.73. The molecule has 7 nitrogen and oxygen atoms in total. The van der Waals surface area contributed by atoms with E-state index in [4.69, 9.17) is 16.3 Å². The predicted octanol–water partition coefficient (Wildman–Crippen LogP) is 1.49. The summed E-state index contributed by atoms with van der Waals surface area (Å²) in [4.78, 5) is 16.6. The monoisotopic (exact) mass is 401 g/mol. The van der Waals surface area contributed by atoms with Gasteiger partial charge in [-0.15, -0.1) is 6.42 Å². The zero-order chi connectivity index (χ0) is 19.4. The Kier molecular flexibility index (Phi) is 5.41. The van der Waals surface area contributed by atoms with E-state index in [2.05, 4.69) is 10.9 Å². The second-order valence-electron chi connectivity index (χ2n) is 5.46. The highest BCUT2D eigenvalue weighted by molar-refractivity contribution is 7.89. The summed E-state index contributed by atoms with van der Waals surface area (Å²) in [6.45, 7) is -0.0445. The van der Waals surface area contributed by atoms with Gasteiger partial charge < -0.3 is 9.30 Å². The quantitative estimate of drug-likeness (QED) is 0.654. The average Bonchev–Trinajstić information content (AvgIpc) is 2.97. The molecule has 2 N–H and O–H groups in total. The number of rotatable bonds is 5. The van der Waals surface area contributed by atoms with Gasteiger partial charge in [-0.05, 0) is 30.3 Å². The van der Waals surface area contributed by atoms with Crippen molar-refractivity contribution >= 4 is 37.5 Å². The lowest BCUT2D eigenvalue weighted by molar-refractivity contribution is -0.120. The SMILES string of the molecule is C#CCn1c(=NC(=O)COc2ccccc2)sc2cc(S(N)(=O)=O)ccc21. The Morgan fingerprint density at radius 1 is 1.26 bits per heavy atom. The van der Waals surface area contributed by atoms with E-state index in [1.54, 1.807) is 34.9 Å². The standard InChI is InChI=1S/C18H15N3O4S2/c1-2-10-21-15-9-8-14(27(19,23)24)11-16(15)26-18(21)20-17(22)12-25-13-6-4-3-5-7-13/h1,3-9,11H,10,12H2,(H2,19,23,24). The molecule has 3 rings (SSSR count). The lowest BCUT2D eigenvalue weighted by Crippen LogP contribution is -2.19. The molecule has 0 fully saturated rings. The van der Waals surface area contributed by atoms with Crippen LogP contribution in [0, 0.1) is 12.3 Å². The summed E-state index contributed by atoms with van der Waals surface area (Å²) in [5.41, 5.74) is 0.667. The van der Waals surface area contributed by atoms with Crippen molar-refractivity contribution in [3.8, 4) is 18.1 Å². The summed E-state index contributed by atoms with van der Waals surface area (Å²) >= 11 is 1.15. The first kappa shape index (κ1) is 18.8. The summed E-state index contributed by atoms with van der Waals surface area (Å²) < 4.78 is 30.7. The molecular weight excluding hydrogens is 386 g/mol. The van der Waals surface area contributed by atoms with Crippen LogP contribution in [0.2, 0.25) is 0 Å². The molecule has 1 heterocycles. The number of nitrogens with two attached hydrogens (primary N) is 1. The molecule has 0 aliphatic carbocycles. The fraction of sp³-hybridized carbons (Fsp3) is 0.111. The van der Waals surface area contributed by atoms with Crippen LogP contribution in [0.1, 0.15) is 0 Å². The molecule has 1 amide bonds. The van der Waals surface area contributed by atoms with Gasteiger partial charge in [0.15, 0.2) is 11.4 Å². The molecule has 0 radical (unpaired) electrons. The molecule has 0 saturated heterocycles. The largest absolute Gasteiger partial charge is 0.484 e. The lowest BCUT2D eigenvalue weighted by Gasteiger charge is -2.03. The maximum absolute atomic E-state index is 12.2. The number of amides is 1. The lowest BCUT2D eigenvalue weighted by atomic mass is 10.3. The predicted molar refractivity (Wildman–Crippen MR) is 103 cm³/mol. The third-order valence-electron chi connectivity index (χ3n) is 3.56. The molecule has 9 heteroatoms. The van der Waals surface area contributed by atoms with Gasteiger partial charge in [0.05, 0.1) is 21.7 Å². The number of terminal acetylenes is 1. The van der Waals surface area contributed by atoms with Crippen LogP contribution in [0.3, 0.4) is 0 Å². The van der Waals surface area contributed by atoms with Gasteiger partial charge in [-0.1, -0.05) is 35.5 Å². The minimum Gasteiger partial charge on any atom is -0.484 e. The van der Waals surface area contributed by atoms with Gasteiger partial charge in [-0.3, -0.25) is 4.79 Å². The molecule has 138 valence electrons. The summed E-state index contributed by atoms with van der Waals surface area (Å²) in [5.74, 6) is 2.58. The Morgan fingerprint density at radius 3 is 2.67 bits per heavy atom. The third kappa shape index (κ3) is 4.43. The molecule has 0 unspecified atom stereocenters. The van der Waals surface area contributed by atoms with Crippen molar-refractivity contribution in [3.05, 3.63) is 53.3 Å². The van der Waals surface area contributed by atoms with Crippen LogP contribution < -0.4 is 14.7 Å². The van der Waals surface area contributed by atoms with Gasteiger partial charge in [0.1, 0.15) is 5.75 Å². The fourth-order valence-corrected chi connectivity index (χ4v) is 4.06. The second-order valence-corrected chi connectivity index (χ2v) is 8.03. The number of thiazole rings is 1. The van der Waals surface area contributed by atoms with E-state index < -0.39 is 15.9 Å². The normalized spacial score (nSPS) is 12.1. The van der Waals surface area contributed by atoms with Crippen LogP contribution in [-0.2, 0) is 21.4 Å². The van der Waals surface area contributed by atoms with Crippen LogP contribution in [0.4, 0.5) is 0 Å². The van der Waals surface area contributed by atoms with Crippen LogP contribution >= 0.6 is 11.3 Å². The molecule has 1 aromatic heterocycles. The fourth-order valence-electron chi connectivity index (χ4n) is 2.36. The van der Waals surface area contributed by atoms with E-state index in [9.17, 15) is 13.2 Å². The van der Waals surface area contributed by atoms with Crippen molar-refractivity contribution in [2.45, 2.75) is 11.4 Å². The number of carbonyl (C=O) groups is 1. The van der Waals surface area contributed by atoms with Crippen LogP contribution in [0.5, 0.6) is 5.75 Å². The molecule has 3 aromatic rings. The molecule has 0 aliphatic heterocycles. The van der Waals surface area contributed by atoms with E-state index >= 15 is 0 Å². The van der Waals surface area contributed by atoms with Gasteiger partial charge in [-0.2, -0.15) is 4.99 Å². The minimum atomic E-state index is -3.83. The van der Waals surface area contributed by atoms with Crippen molar-refractivity contribution in [1.82, 2.24) is 4.57 Å². The van der Waals surface area contributed by atoms with Crippen molar-refractivity contribution in [2.75, 3.05) is 6.61 Å². The third-order valence-corrected chi connectivity index (χ3v) is 5.51. The number of hydrogen-bond donors (Lipinski definition) is 1. The van der Waals surface area contributed by atoms with Crippen molar-refractivity contribution < 1.29 is 17.9 Å². The van der Waals surface area contributed by atoms with E-state index in [0.717, 1.165) is 11.3 Å². The average molecular weight is 401 g/mol. The van der Waals surface area contributed by atoms with Crippen LogP contribution in [0.25, 0.3) is 10.2 Å². The van der Waals surface area contributed by atoms with Crippen molar-refractivity contribution in [1.29, 1.82) is 0 Å². The molecule has 0 spiro atoms. The first-order valence-corrected chi connectivity index (χ1v) is 10.1. The number of benzene rings is 2. The van der Waals surface area contributed by atoms with Gasteiger partial charge in [-0.25, -0.2) is 13.6 Å². The van der Waals surface area contributed by atoms with E-state index in [0.29, 0.717) is 20.8 Å². The topological polar surface area (TPSA) is 104 Å². The van der Waals surface area contributed by atoms with Crippen LogP contribution in [0.15, 0.2) is 58.4 Å². The molecule has 0 saturated carbocycles. The molecule has 2 aromatic carbocycles. The summed E-state index contributed by atoms with van der Waals surface area (Å²) in [7, 11) is -3.83. The Labute approximate surface area is 159 Å². The number of aromatic nitrogens is 1. The summed E-state index contributed by atoms with van der Waals surface area (Å²) in [6.07, 6.45) is 5.41. The van der Waals surface area contributed by atoms with Gasteiger partial charge in [0, 0.05) is 0 Å². The number of sulfonamides is 1. The number of para-hydroxylation sites is 1. The number of ether oxygens (including phenoxy) is 1. The van der Waals surface area contributed by atoms with Crippen molar-refractivity contribution in [2.24, 2.45) is 10.1 Å². The second kappa shape index (κ2) is 7.75. The summed E-state index contributed by atoms with van der Waals surface area (Å²) in [6, 6.07) is 13.3.